The zero-order valence-electron chi connectivity index (χ0n) is 63.9. The highest BCUT2D eigenvalue weighted by molar-refractivity contribution is 6.00. The number of tetrazole rings is 1. The highest BCUT2D eigenvalue weighted by Crippen LogP contribution is 2.29. The smallest absolute Gasteiger partial charge is 0.305 e. The number of benzene rings is 4. The Hall–Kier alpha value is -12.3. The predicted octanol–water partition coefficient (Wildman–Crippen LogP) is 0.0544. The number of primary amides is 1. The standard InChI is InChI=1S/C75H99FN20O17/c1-9-47-33-51(113-28-13-12-27-82-94-78)24-25-52(47)48-21-19-45(20-22-48)32-55(67(106)83-54(65(77)104)18-14-15-46-30-41(2)29-42(3)31-46)84-68(107)57(35-62(102)103)85-69(108)58(39-97)86-70(109)63(43(4)98)89-73(112)75(8,36-49-16-10-11-17-53(49)76)91-71(110)64(44(5)99)88-61(101)38-80-66(105)56(34-59-92-95-96-93-59)87-72(111)74(6,7)90-60(100)26-23-50-37-79-40-81-50/h10-11,16-17,19-22,24-25,29-31,33,37,40,43-44,54-58,63-64,97-99H,9,12-15,18,23,26-28,32,34-36,38-39H2,1-8H3,(H2,77,104)(H,79,81)(H,80,105)(H,83,106)(H,84,107)(H,85,108)(H,86,109)(H,87,111)(H,88,101)(H,89,112)(H,90,100)(H,91,110)(H,102,103)(H,92,93,95,96)/t43-,44-,54+,55+,56+,57+,58+,63+,64+,75+/m1/s1. The van der Waals surface area contributed by atoms with Gasteiger partial charge in [-0.05, 0) is 151 Å². The van der Waals surface area contributed by atoms with Crippen LogP contribution in [0, 0.1) is 19.7 Å². The van der Waals surface area contributed by atoms with Gasteiger partial charge in [-0.25, -0.2) is 9.37 Å². The Morgan fingerprint density at radius 3 is 1.95 bits per heavy atom. The van der Waals surface area contributed by atoms with Crippen molar-refractivity contribution in [3.05, 3.63) is 159 Å². The average Bonchev–Trinajstić information content (AvgIpc) is 1.01. The zero-order valence-corrected chi connectivity index (χ0v) is 63.9. The number of amides is 11. The number of carbonyl (C=O) groups is 12. The number of aromatic nitrogens is 6. The molecule has 0 spiro atoms. The molecule has 0 fully saturated rings. The van der Waals surface area contributed by atoms with Gasteiger partial charge in [0.05, 0.1) is 44.7 Å². The van der Waals surface area contributed by atoms with Crippen LogP contribution in [0.1, 0.15) is 125 Å². The Balaban J connectivity index is 1.17. The fraction of sp³-hybridized carbons (Fsp3) is 0.467. The topological polar surface area (TPSA) is 573 Å². The number of carboxylic acid groups (broad SMARTS) is 1. The van der Waals surface area contributed by atoms with Crippen LogP contribution in [0.4, 0.5) is 4.39 Å². The van der Waals surface area contributed by atoms with Gasteiger partial charge < -0.3 is 89.0 Å². The largest absolute Gasteiger partial charge is 0.494 e. The van der Waals surface area contributed by atoms with Crippen molar-refractivity contribution in [2.75, 3.05) is 26.3 Å². The molecule has 6 rings (SSSR count). The number of H-pyrrole nitrogens is 2. The lowest BCUT2D eigenvalue weighted by Crippen LogP contribution is -2.67. The SMILES string of the molecule is CCc1cc(OCCCCN=[N+]=[N-])ccc1-c1ccc(C[C@H](NC(=O)[C@H](CC(=O)O)NC(=O)[C@H](CO)NC(=O)[C@@H](NC(=O)[C@](C)(Cc2ccccc2F)NC(=O)[C@@H](NC(=O)CNC(=O)[C@H](Cc2nn[nH]n2)NC(=O)C(C)(C)NC(=O)CCc2cnc[nH]2)[C@@H](C)O)[C@@H](C)O)C(=O)N[C@@H](CCCc2cc(C)cc(C)c2)C(N)=O)cc1. The number of imidazole rings is 1. The third-order valence-corrected chi connectivity index (χ3v) is 18.1. The number of hydrogen-bond acceptors (Lipinski definition) is 21. The first-order valence-electron chi connectivity index (χ1n) is 36.5. The Morgan fingerprint density at radius 2 is 1.33 bits per heavy atom. The molecule has 0 aliphatic carbocycles. The van der Waals surface area contributed by atoms with Gasteiger partial charge in [0.15, 0.2) is 5.82 Å². The molecule has 38 heteroatoms. The number of aromatic amines is 2. The molecular formula is C75H99FN20O17. The van der Waals surface area contributed by atoms with Crippen molar-refractivity contribution in [3.8, 4) is 16.9 Å². The van der Waals surface area contributed by atoms with E-state index in [0.29, 0.717) is 62.3 Å². The minimum absolute atomic E-state index is 0.0330. The molecule has 4 aromatic carbocycles. The maximum Gasteiger partial charge on any atom is 0.305 e. The van der Waals surface area contributed by atoms with E-state index in [1.54, 1.807) is 24.3 Å². The van der Waals surface area contributed by atoms with E-state index in [4.69, 9.17) is 16.0 Å². The van der Waals surface area contributed by atoms with Crippen LogP contribution in [0.3, 0.4) is 0 Å². The summed E-state index contributed by atoms with van der Waals surface area (Å²) in [5.41, 5.74) is 16.9. The van der Waals surface area contributed by atoms with Crippen molar-refractivity contribution in [2.45, 2.75) is 198 Å². The van der Waals surface area contributed by atoms with Crippen molar-refractivity contribution in [1.82, 2.24) is 83.8 Å². The Morgan fingerprint density at radius 1 is 0.681 bits per heavy atom. The molecule has 10 atom stereocenters. The fourth-order valence-electron chi connectivity index (χ4n) is 12.0. The van der Waals surface area contributed by atoms with Gasteiger partial charge in [-0.1, -0.05) is 95.1 Å². The molecule has 0 radical (unpaired) electrons. The van der Waals surface area contributed by atoms with Gasteiger partial charge in [0, 0.05) is 49.0 Å². The number of aliphatic hydroxyl groups excluding tert-OH is 3. The molecule has 18 N–H and O–H groups in total. The number of rotatable bonds is 46. The lowest BCUT2D eigenvalue weighted by molar-refractivity contribution is -0.142. The van der Waals surface area contributed by atoms with Gasteiger partial charge in [-0.15, -0.1) is 10.2 Å². The van der Waals surface area contributed by atoms with Gasteiger partial charge in [0.25, 0.3) is 0 Å². The first kappa shape index (κ1) is 89.6. The molecule has 6 aromatic rings. The van der Waals surface area contributed by atoms with E-state index in [-0.39, 0.29) is 37.1 Å². The van der Waals surface area contributed by atoms with E-state index >= 15 is 4.39 Å². The summed E-state index contributed by atoms with van der Waals surface area (Å²) in [6.45, 7) is 10.3. The molecule has 37 nitrogen and oxygen atoms in total. The van der Waals surface area contributed by atoms with Gasteiger partial charge in [0.1, 0.15) is 64.9 Å². The third-order valence-electron chi connectivity index (χ3n) is 18.1. The number of azide groups is 1. The normalized spacial score (nSPS) is 14.1. The fourth-order valence-corrected chi connectivity index (χ4v) is 12.0. The second-order valence-corrected chi connectivity index (χ2v) is 28.0. The van der Waals surface area contributed by atoms with E-state index in [2.05, 4.69) is 93.8 Å². The van der Waals surface area contributed by atoms with Gasteiger partial charge in [-0.2, -0.15) is 5.21 Å². The van der Waals surface area contributed by atoms with Crippen LogP contribution < -0.4 is 63.6 Å². The van der Waals surface area contributed by atoms with Crippen LogP contribution in [-0.4, -0.2) is 214 Å². The molecule has 0 bridgehead atoms. The first-order chi connectivity index (χ1) is 53.6. The molecule has 0 saturated heterocycles. The number of ether oxygens (including phenoxy) is 1. The van der Waals surface area contributed by atoms with Crippen LogP contribution in [0.15, 0.2) is 103 Å². The summed E-state index contributed by atoms with van der Waals surface area (Å²) >= 11 is 0. The summed E-state index contributed by atoms with van der Waals surface area (Å²) in [5.74, 6) is -14.0. The van der Waals surface area contributed by atoms with Crippen LogP contribution in [0.5, 0.6) is 5.75 Å². The molecule has 2 aromatic heterocycles. The van der Waals surface area contributed by atoms with Crippen LogP contribution in [-0.2, 0) is 96.1 Å². The van der Waals surface area contributed by atoms with Crippen LogP contribution >= 0.6 is 0 Å². The minimum Gasteiger partial charge on any atom is -0.494 e. The number of carbonyl (C=O) groups excluding carboxylic acids is 11. The molecule has 0 aliphatic heterocycles. The number of carboxylic acids is 1. The lowest BCUT2D eigenvalue weighted by Gasteiger charge is -2.34. The van der Waals surface area contributed by atoms with Crippen molar-refractivity contribution in [1.29, 1.82) is 0 Å². The monoisotopic (exact) mass is 1570 g/mol. The van der Waals surface area contributed by atoms with E-state index in [1.165, 1.54) is 44.6 Å². The summed E-state index contributed by atoms with van der Waals surface area (Å²) in [5, 5.41) is 83.4. The minimum atomic E-state index is -2.41. The summed E-state index contributed by atoms with van der Waals surface area (Å²) in [6.07, 6.45) is -0.169. The quantitative estimate of drug-likeness (QED) is 0.0104. The van der Waals surface area contributed by atoms with Crippen molar-refractivity contribution < 1.29 is 87.1 Å². The summed E-state index contributed by atoms with van der Waals surface area (Å²) < 4.78 is 21.5. The molecule has 0 aliphatic rings. The summed E-state index contributed by atoms with van der Waals surface area (Å²) in [7, 11) is 0. The number of aryl methyl sites for hydroxylation is 5. The Bertz CT molecular complexity index is 4310. The highest BCUT2D eigenvalue weighted by atomic mass is 19.1. The number of nitrogens with two attached hydrogens (primary N) is 1. The Labute approximate surface area is 649 Å². The molecule has 0 unspecified atom stereocenters. The van der Waals surface area contributed by atoms with Gasteiger partial charge >= 0.3 is 5.97 Å². The third kappa shape index (κ3) is 28.5. The first-order valence-corrected chi connectivity index (χ1v) is 36.5. The van der Waals surface area contributed by atoms with Crippen molar-refractivity contribution in [3.63, 3.8) is 0 Å². The van der Waals surface area contributed by atoms with E-state index in [1.807, 2.05) is 57.2 Å². The molecular weight excluding hydrogens is 1470 g/mol. The second-order valence-electron chi connectivity index (χ2n) is 28.0. The lowest BCUT2D eigenvalue weighted by atomic mass is 9.90. The number of aliphatic hydroxyl groups is 3. The molecule has 113 heavy (non-hydrogen) atoms. The summed E-state index contributed by atoms with van der Waals surface area (Å²) in [6, 6.07) is 10.8. The number of unbranched alkanes of at least 4 members (excludes halogenated alkanes) is 1. The average molecular weight is 1570 g/mol. The number of aliphatic carboxylic acids is 1. The van der Waals surface area contributed by atoms with Crippen molar-refractivity contribution >= 4 is 70.9 Å². The van der Waals surface area contributed by atoms with E-state index < -0.39 is 175 Å². The van der Waals surface area contributed by atoms with Gasteiger partial charge in [-0.3, -0.25) is 57.5 Å². The second kappa shape index (κ2) is 43.4. The van der Waals surface area contributed by atoms with Crippen LogP contribution in [0.25, 0.3) is 21.6 Å². The maximum atomic E-state index is 15.5. The number of halogens is 1. The highest BCUT2D eigenvalue weighted by Gasteiger charge is 2.43. The number of nitrogens with one attached hydrogen (secondary N) is 12. The number of nitrogens with zero attached hydrogens (tertiary/aromatic N) is 7. The van der Waals surface area contributed by atoms with Gasteiger partial charge in [0.2, 0.25) is 65.0 Å². The summed E-state index contributed by atoms with van der Waals surface area (Å²) in [4.78, 5) is 175. The molecule has 11 amide bonds. The van der Waals surface area contributed by atoms with E-state index in [9.17, 15) is 78.0 Å². The predicted molar refractivity (Wildman–Crippen MR) is 405 cm³/mol. The number of hydrogen-bond donors (Lipinski definition) is 17. The van der Waals surface area contributed by atoms with Crippen molar-refractivity contribution in [2.24, 2.45) is 10.8 Å². The Kier molecular flexibility index (Phi) is 34.4. The molecule has 0 saturated carbocycles. The molecule has 608 valence electrons. The van der Waals surface area contributed by atoms with Crippen LogP contribution in [0.2, 0.25) is 0 Å². The zero-order chi connectivity index (χ0) is 83.1. The molecule has 2 heterocycles. The maximum absolute atomic E-state index is 15.5. The van der Waals surface area contributed by atoms with E-state index in [0.717, 1.165) is 60.2 Å².